The Morgan fingerprint density at radius 3 is 1.28 bits per heavy atom. The summed E-state index contributed by atoms with van der Waals surface area (Å²) in [4.78, 5) is 21.9. The predicted molar refractivity (Wildman–Crippen MR) is 135 cm³/mol. The smallest absolute Gasteiger partial charge is 0.303 e. The number of unbranched alkanes of at least 4 members (excludes halogenated alkanes) is 18. The van der Waals surface area contributed by atoms with E-state index in [0.29, 0.717) is 0 Å². The summed E-state index contributed by atoms with van der Waals surface area (Å²) in [6.07, 6.45) is 27.7. The van der Waals surface area contributed by atoms with Crippen LogP contribution in [-0.2, 0) is 14.3 Å². The Morgan fingerprint density at radius 2 is 0.938 bits per heavy atom. The fraction of sp³-hybridized carbons (Fsp3) is 0.929. The quantitative estimate of drug-likeness (QED) is 0.110. The van der Waals surface area contributed by atoms with Gasteiger partial charge in [-0.15, -0.1) is 0 Å². The Bertz CT molecular complexity index is 422. The molecule has 0 aliphatic carbocycles. The first-order valence-electron chi connectivity index (χ1n) is 13.9. The summed E-state index contributed by atoms with van der Waals surface area (Å²) in [6, 6.07) is 0. The molecule has 0 amide bonds. The van der Waals surface area contributed by atoms with Crippen LogP contribution in [0, 0.1) is 0 Å². The molecule has 1 unspecified atom stereocenters. The zero-order valence-corrected chi connectivity index (χ0v) is 21.5. The van der Waals surface area contributed by atoms with Gasteiger partial charge in [-0.05, 0) is 32.1 Å². The largest absolute Gasteiger partial charge is 0.481 e. The molecular formula is C28H54O4. The first-order valence-corrected chi connectivity index (χ1v) is 13.9. The molecule has 0 aliphatic rings. The van der Waals surface area contributed by atoms with Crippen LogP contribution in [0.15, 0.2) is 0 Å². The maximum absolute atomic E-state index is 11.4. The minimum atomic E-state index is -0.705. The van der Waals surface area contributed by atoms with E-state index >= 15 is 0 Å². The minimum Gasteiger partial charge on any atom is -0.481 e. The monoisotopic (exact) mass is 454 g/mol. The summed E-state index contributed by atoms with van der Waals surface area (Å²) >= 11 is 0. The number of carbonyl (C=O) groups excluding carboxylic acids is 1. The van der Waals surface area contributed by atoms with Gasteiger partial charge in [-0.2, -0.15) is 0 Å². The van der Waals surface area contributed by atoms with E-state index in [-0.39, 0.29) is 18.5 Å². The van der Waals surface area contributed by atoms with Gasteiger partial charge < -0.3 is 9.84 Å². The van der Waals surface area contributed by atoms with Crippen molar-refractivity contribution in [2.75, 3.05) is 0 Å². The number of carboxylic acid groups (broad SMARTS) is 1. The molecule has 0 rings (SSSR count). The van der Waals surface area contributed by atoms with Crippen LogP contribution in [0.25, 0.3) is 0 Å². The van der Waals surface area contributed by atoms with Crippen molar-refractivity contribution >= 4 is 11.9 Å². The van der Waals surface area contributed by atoms with Crippen molar-refractivity contribution < 1.29 is 19.4 Å². The van der Waals surface area contributed by atoms with Crippen molar-refractivity contribution in [2.45, 2.75) is 168 Å². The summed E-state index contributed by atoms with van der Waals surface area (Å²) in [6.45, 7) is 3.78. The fourth-order valence-electron chi connectivity index (χ4n) is 4.42. The molecule has 0 bridgehead atoms. The Labute approximate surface area is 199 Å². The van der Waals surface area contributed by atoms with E-state index in [0.717, 1.165) is 51.4 Å². The number of hydrogen-bond donors (Lipinski definition) is 1. The highest BCUT2D eigenvalue weighted by Crippen LogP contribution is 2.18. The zero-order chi connectivity index (χ0) is 23.7. The number of ether oxygens (including phenoxy) is 1. The van der Waals surface area contributed by atoms with E-state index in [1.165, 1.54) is 96.8 Å². The first-order chi connectivity index (χ1) is 15.6. The highest BCUT2D eigenvalue weighted by molar-refractivity contribution is 5.66. The zero-order valence-electron chi connectivity index (χ0n) is 21.5. The molecule has 1 atom stereocenters. The molecule has 0 aromatic heterocycles. The van der Waals surface area contributed by atoms with E-state index in [1.54, 1.807) is 0 Å². The highest BCUT2D eigenvalue weighted by Gasteiger charge is 2.11. The van der Waals surface area contributed by atoms with Gasteiger partial charge >= 0.3 is 11.9 Å². The number of rotatable bonds is 25. The van der Waals surface area contributed by atoms with Gasteiger partial charge in [0.05, 0.1) is 0 Å². The standard InChI is InChI=1S/C28H54O4/c1-3-4-5-6-7-8-9-10-11-12-13-14-15-17-20-23-27(32-26(2)29)24-21-18-16-19-22-25-28(30)31/h27H,3-25H2,1-2H3,(H,30,31). The predicted octanol–water partition coefficient (Wildman–Crippen LogP) is 8.99. The van der Waals surface area contributed by atoms with Crippen molar-refractivity contribution in [3.05, 3.63) is 0 Å². The van der Waals surface area contributed by atoms with Gasteiger partial charge in [0.2, 0.25) is 0 Å². The van der Waals surface area contributed by atoms with Crippen molar-refractivity contribution in [3.8, 4) is 0 Å². The molecular weight excluding hydrogens is 400 g/mol. The van der Waals surface area contributed by atoms with Gasteiger partial charge in [-0.3, -0.25) is 9.59 Å². The SMILES string of the molecule is CCCCCCCCCCCCCCCCCC(CCCCCCCC(=O)O)OC(C)=O. The van der Waals surface area contributed by atoms with E-state index in [4.69, 9.17) is 9.84 Å². The molecule has 0 aromatic rings. The third-order valence-electron chi connectivity index (χ3n) is 6.38. The Kier molecular flexibility index (Phi) is 23.8. The highest BCUT2D eigenvalue weighted by atomic mass is 16.5. The lowest BCUT2D eigenvalue weighted by Gasteiger charge is -2.17. The number of hydrogen-bond acceptors (Lipinski definition) is 3. The molecule has 32 heavy (non-hydrogen) atoms. The van der Waals surface area contributed by atoms with Crippen molar-refractivity contribution in [3.63, 3.8) is 0 Å². The first kappa shape index (κ1) is 30.9. The lowest BCUT2D eigenvalue weighted by Crippen LogP contribution is -2.16. The average molecular weight is 455 g/mol. The normalized spacial score (nSPS) is 12.1. The van der Waals surface area contributed by atoms with Crippen LogP contribution in [0.2, 0.25) is 0 Å². The van der Waals surface area contributed by atoms with Crippen LogP contribution >= 0.6 is 0 Å². The second-order valence-corrected chi connectivity index (χ2v) is 9.67. The van der Waals surface area contributed by atoms with Crippen LogP contribution in [0.4, 0.5) is 0 Å². The van der Waals surface area contributed by atoms with E-state index < -0.39 is 5.97 Å². The second kappa shape index (κ2) is 24.6. The summed E-state index contributed by atoms with van der Waals surface area (Å²) in [5, 5.41) is 8.66. The molecule has 0 saturated heterocycles. The van der Waals surface area contributed by atoms with Crippen molar-refractivity contribution in [1.82, 2.24) is 0 Å². The number of aliphatic carboxylic acids is 1. The lowest BCUT2D eigenvalue weighted by molar-refractivity contribution is -0.147. The van der Waals surface area contributed by atoms with E-state index in [1.807, 2.05) is 0 Å². The van der Waals surface area contributed by atoms with Gasteiger partial charge in [-0.1, -0.05) is 116 Å². The lowest BCUT2D eigenvalue weighted by atomic mass is 10.0. The number of carbonyl (C=O) groups is 2. The van der Waals surface area contributed by atoms with Crippen LogP contribution in [0.3, 0.4) is 0 Å². The molecule has 0 fully saturated rings. The summed E-state index contributed by atoms with van der Waals surface area (Å²) in [7, 11) is 0. The number of carboxylic acids is 1. The van der Waals surface area contributed by atoms with E-state index in [2.05, 4.69) is 6.92 Å². The molecule has 0 aliphatic heterocycles. The maximum Gasteiger partial charge on any atom is 0.303 e. The van der Waals surface area contributed by atoms with Crippen LogP contribution < -0.4 is 0 Å². The van der Waals surface area contributed by atoms with Gasteiger partial charge in [0, 0.05) is 13.3 Å². The van der Waals surface area contributed by atoms with Crippen molar-refractivity contribution in [2.24, 2.45) is 0 Å². The average Bonchev–Trinajstić information content (AvgIpc) is 2.74. The molecule has 0 aromatic carbocycles. The summed E-state index contributed by atoms with van der Waals surface area (Å²) < 4.78 is 5.51. The molecule has 4 nitrogen and oxygen atoms in total. The van der Waals surface area contributed by atoms with Gasteiger partial charge in [0.1, 0.15) is 6.10 Å². The maximum atomic E-state index is 11.4. The Morgan fingerprint density at radius 1 is 0.594 bits per heavy atom. The van der Waals surface area contributed by atoms with Crippen LogP contribution in [-0.4, -0.2) is 23.1 Å². The molecule has 0 heterocycles. The van der Waals surface area contributed by atoms with Gasteiger partial charge in [-0.25, -0.2) is 0 Å². The summed E-state index contributed by atoms with van der Waals surface area (Å²) in [5.41, 5.74) is 0. The fourth-order valence-corrected chi connectivity index (χ4v) is 4.42. The molecule has 0 saturated carbocycles. The third-order valence-corrected chi connectivity index (χ3v) is 6.38. The van der Waals surface area contributed by atoms with E-state index in [9.17, 15) is 9.59 Å². The number of esters is 1. The molecule has 4 heteroatoms. The van der Waals surface area contributed by atoms with Crippen molar-refractivity contribution in [1.29, 1.82) is 0 Å². The van der Waals surface area contributed by atoms with Gasteiger partial charge in [0.15, 0.2) is 0 Å². The summed E-state index contributed by atoms with van der Waals surface area (Å²) in [5.74, 6) is -0.874. The topological polar surface area (TPSA) is 63.6 Å². The second-order valence-electron chi connectivity index (χ2n) is 9.67. The molecule has 0 spiro atoms. The third kappa shape index (κ3) is 25.2. The molecule has 0 radical (unpaired) electrons. The molecule has 190 valence electrons. The Balaban J connectivity index is 3.51. The van der Waals surface area contributed by atoms with Crippen LogP contribution in [0.5, 0.6) is 0 Å². The van der Waals surface area contributed by atoms with Gasteiger partial charge in [0.25, 0.3) is 0 Å². The Hall–Kier alpha value is -1.06. The van der Waals surface area contributed by atoms with Crippen LogP contribution in [0.1, 0.15) is 162 Å². The minimum absolute atomic E-state index is 0.0634. The molecule has 1 N–H and O–H groups in total.